The van der Waals surface area contributed by atoms with Gasteiger partial charge < -0.3 is 13.0 Å². The van der Waals surface area contributed by atoms with Gasteiger partial charge in [0, 0.05) is 26.7 Å². The first-order chi connectivity index (χ1) is 12.6. The van der Waals surface area contributed by atoms with Gasteiger partial charge >= 0.3 is 32.7 Å². The number of carbonyl (C=O) groups excluding carboxylic acids is 1. The van der Waals surface area contributed by atoms with Crippen molar-refractivity contribution in [3.8, 4) is 0 Å². The molecular formula is C15H30F3NO6SSi2. The zero-order valence-electron chi connectivity index (χ0n) is 17.1. The molecule has 0 aromatic rings. The maximum absolute atomic E-state index is 11.4. The van der Waals surface area contributed by atoms with Crippen molar-refractivity contribution in [1.82, 2.24) is 4.72 Å². The summed E-state index contributed by atoms with van der Waals surface area (Å²) in [7, 11) is -5.96. The minimum absolute atomic E-state index is 0.670. The Balaban J connectivity index is 0.000000311. The first-order valence-electron chi connectivity index (χ1n) is 8.97. The van der Waals surface area contributed by atoms with Crippen molar-refractivity contribution in [2.75, 3.05) is 14.2 Å². The highest BCUT2D eigenvalue weighted by atomic mass is 32.2. The molecule has 1 amide bonds. The van der Waals surface area contributed by atoms with Crippen LogP contribution in [0.3, 0.4) is 0 Å². The molecule has 2 fully saturated rings. The van der Waals surface area contributed by atoms with E-state index in [0.29, 0.717) is 12.5 Å². The molecule has 0 saturated heterocycles. The molecule has 166 valence electrons. The highest BCUT2D eigenvalue weighted by molar-refractivity contribution is 7.90. The van der Waals surface area contributed by atoms with Gasteiger partial charge in [0.05, 0.1) is 0 Å². The van der Waals surface area contributed by atoms with Crippen LogP contribution >= 0.6 is 0 Å². The van der Waals surface area contributed by atoms with Crippen molar-refractivity contribution in [2.24, 2.45) is 11.8 Å². The lowest BCUT2D eigenvalue weighted by Crippen LogP contribution is -2.53. The zero-order chi connectivity index (χ0) is 22.0. The number of halogens is 3. The van der Waals surface area contributed by atoms with Crippen LogP contribution in [-0.2, 0) is 27.8 Å². The number of rotatable bonds is 6. The maximum atomic E-state index is 11.4. The van der Waals surface area contributed by atoms with Gasteiger partial charge in [-0.2, -0.15) is 21.6 Å². The van der Waals surface area contributed by atoms with Gasteiger partial charge in [-0.1, -0.05) is 12.8 Å². The first kappa shape index (κ1) is 25.6. The Morgan fingerprint density at radius 1 is 1.07 bits per heavy atom. The van der Waals surface area contributed by atoms with E-state index in [9.17, 15) is 26.4 Å². The molecule has 2 rings (SSSR count). The second kappa shape index (κ2) is 9.12. The van der Waals surface area contributed by atoms with Crippen LogP contribution in [0.2, 0.25) is 25.2 Å². The predicted molar refractivity (Wildman–Crippen MR) is 102 cm³/mol. The van der Waals surface area contributed by atoms with Gasteiger partial charge in [-0.25, -0.2) is 4.72 Å². The average Bonchev–Trinajstić information content (AvgIpc) is 3.16. The summed E-state index contributed by atoms with van der Waals surface area (Å²) in [6, 6.07) is 0. The van der Waals surface area contributed by atoms with E-state index in [0.717, 1.165) is 16.6 Å². The number of amides is 1. The summed E-state index contributed by atoms with van der Waals surface area (Å²) in [6.07, 6.45) is 5.56. The summed E-state index contributed by atoms with van der Waals surface area (Å²) in [5.41, 5.74) is -4.74. The Bertz CT molecular complexity index is 661. The van der Waals surface area contributed by atoms with Gasteiger partial charge in [0.25, 0.3) is 0 Å². The molecule has 13 heteroatoms. The third-order valence-corrected chi connectivity index (χ3v) is 13.9. The van der Waals surface area contributed by atoms with Crippen LogP contribution in [0, 0.1) is 11.8 Å². The predicted octanol–water partition coefficient (Wildman–Crippen LogP) is 3.23. The lowest BCUT2D eigenvalue weighted by atomic mass is 10.0. The lowest BCUT2D eigenvalue weighted by molar-refractivity contribution is -0.117. The van der Waals surface area contributed by atoms with E-state index < -0.39 is 38.6 Å². The van der Waals surface area contributed by atoms with E-state index in [1.54, 1.807) is 7.11 Å². The number of hydrogen-bond acceptors (Lipinski definition) is 6. The summed E-state index contributed by atoms with van der Waals surface area (Å²) in [5, 5.41) is 0. The zero-order valence-corrected chi connectivity index (χ0v) is 19.9. The fourth-order valence-electron chi connectivity index (χ4n) is 3.93. The highest BCUT2D eigenvalue weighted by Gasteiger charge is 2.54. The Morgan fingerprint density at radius 2 is 1.64 bits per heavy atom. The molecule has 2 aliphatic rings. The van der Waals surface area contributed by atoms with Crippen molar-refractivity contribution in [3.05, 3.63) is 0 Å². The molecular weight excluding hydrogens is 435 g/mol. The molecule has 28 heavy (non-hydrogen) atoms. The van der Waals surface area contributed by atoms with Gasteiger partial charge in [0.15, 0.2) is 0 Å². The number of fused-ring (bicyclic) bond motifs is 2. The van der Waals surface area contributed by atoms with E-state index in [1.165, 1.54) is 25.7 Å². The van der Waals surface area contributed by atoms with Crippen LogP contribution in [0.15, 0.2) is 0 Å². The van der Waals surface area contributed by atoms with Crippen molar-refractivity contribution in [1.29, 1.82) is 0 Å². The third kappa shape index (κ3) is 6.52. The smallest absolute Gasteiger partial charge is 0.415 e. The molecule has 0 radical (unpaired) electrons. The molecule has 4 atom stereocenters. The number of sulfonamides is 1. The highest BCUT2D eigenvalue weighted by Crippen LogP contribution is 2.56. The third-order valence-electron chi connectivity index (χ3n) is 5.34. The standard InChI is InChI=1S/C12H26O3Si2.C3H4F3NO3S/c1-13-16(3,4)15-17(5,14-2)12-9-10-6-7-11(12)8-10;1-2(8)7-11(9,10)3(4,5)6/h10-12H,6-9H2,1-5H3;1H3,(H,7,8). The van der Waals surface area contributed by atoms with Gasteiger partial charge in [-0.05, 0) is 44.3 Å². The molecule has 2 aliphatic carbocycles. The van der Waals surface area contributed by atoms with Crippen LogP contribution in [0.4, 0.5) is 13.2 Å². The quantitative estimate of drug-likeness (QED) is 0.606. The molecule has 0 aliphatic heterocycles. The maximum Gasteiger partial charge on any atom is 0.516 e. The summed E-state index contributed by atoms with van der Waals surface area (Å²) < 4.78 is 72.8. The van der Waals surface area contributed by atoms with Crippen molar-refractivity contribution in [3.63, 3.8) is 0 Å². The number of nitrogens with one attached hydrogen (secondary N) is 1. The number of hydrogen-bond donors (Lipinski definition) is 1. The van der Waals surface area contributed by atoms with Crippen LogP contribution < -0.4 is 4.72 Å². The Labute approximate surface area is 166 Å². The van der Waals surface area contributed by atoms with Crippen LogP contribution in [0.5, 0.6) is 0 Å². The van der Waals surface area contributed by atoms with E-state index in [2.05, 4.69) is 19.6 Å². The normalized spacial score (nSPS) is 27.0. The van der Waals surface area contributed by atoms with Gasteiger partial charge in [-0.3, -0.25) is 4.79 Å². The topological polar surface area (TPSA) is 90.9 Å². The fourth-order valence-corrected chi connectivity index (χ4v) is 11.8. The van der Waals surface area contributed by atoms with Gasteiger partial charge in [-0.15, -0.1) is 0 Å². The van der Waals surface area contributed by atoms with E-state index in [1.807, 2.05) is 7.11 Å². The van der Waals surface area contributed by atoms with Gasteiger partial charge in [0.2, 0.25) is 5.91 Å². The lowest BCUT2D eigenvalue weighted by Gasteiger charge is -2.40. The molecule has 4 unspecified atom stereocenters. The van der Waals surface area contributed by atoms with Crippen molar-refractivity contribution < 1.29 is 39.4 Å². The Morgan fingerprint density at radius 3 is 1.93 bits per heavy atom. The molecule has 2 bridgehead atoms. The van der Waals surface area contributed by atoms with Gasteiger partial charge in [0.1, 0.15) is 0 Å². The Hall–Kier alpha value is -0.476. The van der Waals surface area contributed by atoms with E-state index in [-0.39, 0.29) is 0 Å². The Kier molecular flexibility index (Phi) is 8.33. The average molecular weight is 466 g/mol. The number of alkyl halides is 3. The largest absolute Gasteiger partial charge is 0.516 e. The summed E-state index contributed by atoms with van der Waals surface area (Å²) in [6.45, 7) is 7.14. The van der Waals surface area contributed by atoms with Crippen LogP contribution in [0.1, 0.15) is 32.6 Å². The molecule has 2 saturated carbocycles. The minimum atomic E-state index is -5.50. The minimum Gasteiger partial charge on any atom is -0.415 e. The SMILES string of the molecule is CC(=O)NS(=O)(=O)C(F)(F)F.CO[Si](C)(C)O[Si](C)(OC)C1CC2CCC1C2. The van der Waals surface area contributed by atoms with E-state index >= 15 is 0 Å². The number of carbonyl (C=O) groups is 1. The summed E-state index contributed by atoms with van der Waals surface area (Å²) in [5.74, 6) is 0.531. The molecule has 7 nitrogen and oxygen atoms in total. The molecule has 0 aromatic heterocycles. The molecule has 0 heterocycles. The fraction of sp³-hybridized carbons (Fsp3) is 0.933. The molecule has 1 N–H and O–H groups in total. The monoisotopic (exact) mass is 465 g/mol. The van der Waals surface area contributed by atoms with Crippen molar-refractivity contribution >= 4 is 33.1 Å². The first-order valence-corrected chi connectivity index (χ1v) is 15.7. The second-order valence-electron chi connectivity index (χ2n) is 7.81. The summed E-state index contributed by atoms with van der Waals surface area (Å²) in [4.78, 5) is 9.92. The van der Waals surface area contributed by atoms with Crippen LogP contribution in [-0.4, -0.2) is 51.2 Å². The molecule has 0 aromatic carbocycles. The summed E-state index contributed by atoms with van der Waals surface area (Å²) >= 11 is 0. The molecule has 0 spiro atoms. The van der Waals surface area contributed by atoms with Crippen LogP contribution in [0.25, 0.3) is 0 Å². The van der Waals surface area contributed by atoms with Crippen molar-refractivity contribution in [2.45, 2.75) is 63.3 Å². The van der Waals surface area contributed by atoms with E-state index in [4.69, 9.17) is 13.0 Å². The second-order valence-corrected chi connectivity index (χ2v) is 16.7.